The second kappa shape index (κ2) is 10.2. The van der Waals surface area contributed by atoms with Crippen molar-refractivity contribution in [3.05, 3.63) is 59.4 Å². The van der Waals surface area contributed by atoms with Crippen LogP contribution in [0.15, 0.2) is 42.5 Å². The van der Waals surface area contributed by atoms with Gasteiger partial charge >= 0.3 is 0 Å². The summed E-state index contributed by atoms with van der Waals surface area (Å²) in [5.74, 6) is 0.410. The number of alkyl halides is 1. The van der Waals surface area contributed by atoms with Crippen LogP contribution < -0.4 is 9.47 Å². The number of hydrogen-bond acceptors (Lipinski definition) is 4. The molecule has 136 valence electrons. The van der Waals surface area contributed by atoms with Gasteiger partial charge in [-0.25, -0.2) is 4.39 Å². The second-order valence-corrected chi connectivity index (χ2v) is 5.94. The molecule has 0 spiro atoms. The molecule has 2 N–H and O–H groups in total. The number of benzene rings is 2. The van der Waals surface area contributed by atoms with E-state index in [0.29, 0.717) is 19.4 Å². The Morgan fingerprint density at radius 3 is 2.40 bits per heavy atom. The van der Waals surface area contributed by atoms with E-state index in [4.69, 9.17) is 26.2 Å². The molecule has 0 heterocycles. The van der Waals surface area contributed by atoms with Crippen molar-refractivity contribution in [2.75, 3.05) is 25.7 Å². The predicted octanol–water partition coefficient (Wildman–Crippen LogP) is 3.16. The Balaban J connectivity index is 1.92. The van der Waals surface area contributed by atoms with Gasteiger partial charge in [0.05, 0.1) is 12.5 Å². The fourth-order valence-electron chi connectivity index (χ4n) is 2.20. The molecule has 2 aromatic rings. The lowest BCUT2D eigenvalue weighted by atomic mass is 10.0. The molecule has 0 amide bonds. The van der Waals surface area contributed by atoms with Gasteiger partial charge in [-0.1, -0.05) is 18.2 Å². The summed E-state index contributed by atoms with van der Waals surface area (Å²) < 4.78 is 24.8. The number of hydrogen-bond donors (Lipinski definition) is 2. The zero-order valence-corrected chi connectivity index (χ0v) is 14.6. The fraction of sp³-hybridized carbons (Fsp3) is 0.368. The van der Waals surface area contributed by atoms with Crippen molar-refractivity contribution in [3.63, 3.8) is 0 Å². The van der Waals surface area contributed by atoms with Crippen molar-refractivity contribution in [1.82, 2.24) is 0 Å². The van der Waals surface area contributed by atoms with Crippen LogP contribution in [0.5, 0.6) is 11.5 Å². The van der Waals surface area contributed by atoms with Crippen LogP contribution in [0.4, 0.5) is 4.39 Å². The summed E-state index contributed by atoms with van der Waals surface area (Å²) in [7, 11) is 0. The summed E-state index contributed by atoms with van der Waals surface area (Å²) in [4.78, 5) is 0. The first kappa shape index (κ1) is 19.5. The average molecular weight is 369 g/mol. The molecule has 1 atom stereocenters. The lowest BCUT2D eigenvalue weighted by Gasteiger charge is -2.11. The fourth-order valence-corrected chi connectivity index (χ4v) is 2.28. The van der Waals surface area contributed by atoms with Crippen LogP contribution in [0.1, 0.15) is 17.5 Å². The third-order valence-corrected chi connectivity index (χ3v) is 3.86. The summed E-state index contributed by atoms with van der Waals surface area (Å²) >= 11 is 5.48. The van der Waals surface area contributed by atoms with Gasteiger partial charge in [0.2, 0.25) is 0 Å². The van der Waals surface area contributed by atoms with Crippen LogP contribution in [0.2, 0.25) is 0 Å². The van der Waals surface area contributed by atoms with Crippen molar-refractivity contribution in [2.45, 2.75) is 18.9 Å². The Morgan fingerprint density at radius 1 is 1.04 bits per heavy atom. The molecule has 0 saturated carbocycles. The lowest BCUT2D eigenvalue weighted by Crippen LogP contribution is -2.19. The smallest absolute Gasteiger partial charge is 0.165 e. The van der Waals surface area contributed by atoms with E-state index in [1.165, 1.54) is 6.07 Å². The molecule has 2 aromatic carbocycles. The Kier molecular flexibility index (Phi) is 7.98. The number of rotatable bonds is 10. The Hall–Kier alpha value is -1.82. The van der Waals surface area contributed by atoms with Gasteiger partial charge in [-0.3, -0.25) is 0 Å². The molecule has 4 nitrogen and oxygen atoms in total. The molecule has 0 aromatic heterocycles. The first-order chi connectivity index (χ1) is 12.1. The minimum absolute atomic E-state index is 0.0411. The normalized spacial score (nSPS) is 12.0. The van der Waals surface area contributed by atoms with Gasteiger partial charge in [0.1, 0.15) is 18.5 Å². The second-order valence-electron chi connectivity index (χ2n) is 5.63. The van der Waals surface area contributed by atoms with E-state index >= 15 is 0 Å². The summed E-state index contributed by atoms with van der Waals surface area (Å²) in [5, 5.41) is 18.1. The molecule has 0 radical (unpaired) electrons. The van der Waals surface area contributed by atoms with Gasteiger partial charge in [-0.2, -0.15) is 0 Å². The molecule has 2 rings (SSSR count). The molecule has 0 aliphatic heterocycles. The Labute approximate surface area is 151 Å². The van der Waals surface area contributed by atoms with Crippen molar-refractivity contribution < 1.29 is 24.1 Å². The molecule has 25 heavy (non-hydrogen) atoms. The maximum Gasteiger partial charge on any atom is 0.165 e. The molecule has 0 aliphatic carbocycles. The summed E-state index contributed by atoms with van der Waals surface area (Å²) in [6.45, 7) is 0.534. The molecular weight excluding hydrogens is 347 g/mol. The van der Waals surface area contributed by atoms with E-state index in [0.717, 1.165) is 16.9 Å². The zero-order valence-electron chi connectivity index (χ0n) is 13.8. The number of aliphatic hydroxyl groups excluding tert-OH is 2. The maximum absolute atomic E-state index is 14.1. The molecule has 0 saturated heterocycles. The third kappa shape index (κ3) is 6.53. The quantitative estimate of drug-likeness (QED) is 0.499. The van der Waals surface area contributed by atoms with Crippen LogP contribution in [-0.2, 0) is 6.42 Å². The van der Waals surface area contributed by atoms with Crippen molar-refractivity contribution in [1.29, 1.82) is 0 Å². The van der Waals surface area contributed by atoms with Crippen molar-refractivity contribution in [3.8, 4) is 11.5 Å². The largest absolute Gasteiger partial charge is 0.494 e. The van der Waals surface area contributed by atoms with Crippen LogP contribution >= 0.6 is 11.6 Å². The van der Waals surface area contributed by atoms with E-state index in [9.17, 15) is 9.50 Å². The number of ether oxygens (including phenoxy) is 2. The molecule has 6 heteroatoms. The van der Waals surface area contributed by atoms with Crippen LogP contribution in [0.3, 0.4) is 0 Å². The van der Waals surface area contributed by atoms with E-state index in [-0.39, 0.29) is 24.8 Å². The highest BCUT2D eigenvalue weighted by atomic mass is 35.5. The van der Waals surface area contributed by atoms with Gasteiger partial charge in [-0.15, -0.1) is 11.6 Å². The zero-order chi connectivity index (χ0) is 18.1. The Bertz CT molecular complexity index is 648. The Morgan fingerprint density at radius 2 is 1.76 bits per heavy atom. The minimum atomic E-state index is -0.821. The van der Waals surface area contributed by atoms with Crippen LogP contribution in [0.25, 0.3) is 0 Å². The van der Waals surface area contributed by atoms with E-state index in [1.807, 2.05) is 24.3 Å². The molecule has 0 bridgehead atoms. The van der Waals surface area contributed by atoms with Gasteiger partial charge in [0.15, 0.2) is 11.6 Å². The maximum atomic E-state index is 14.1. The highest BCUT2D eigenvalue weighted by Crippen LogP contribution is 2.21. The summed E-state index contributed by atoms with van der Waals surface area (Å²) in [5.41, 5.74) is 1.84. The standard InChI is InChI=1S/C19H22ClFO4/c20-12-16(23)13-25-19-7-4-15(11-18(19)21)10-14-2-5-17(6-3-14)24-9-1-8-22/h2-7,11,16,22-23H,1,8-10,12-13H2. The topological polar surface area (TPSA) is 58.9 Å². The third-order valence-electron chi connectivity index (χ3n) is 3.51. The van der Waals surface area contributed by atoms with Crippen molar-refractivity contribution in [2.24, 2.45) is 0 Å². The van der Waals surface area contributed by atoms with Gasteiger partial charge < -0.3 is 19.7 Å². The number of halogens is 2. The lowest BCUT2D eigenvalue weighted by molar-refractivity contribution is 0.122. The summed E-state index contributed by atoms with van der Waals surface area (Å²) in [6, 6.07) is 12.3. The van der Waals surface area contributed by atoms with E-state index < -0.39 is 11.9 Å². The SMILES string of the molecule is OCCCOc1ccc(Cc2ccc(OCC(O)CCl)c(F)c2)cc1. The minimum Gasteiger partial charge on any atom is -0.494 e. The van der Waals surface area contributed by atoms with Gasteiger partial charge in [-0.05, 0) is 41.8 Å². The molecule has 1 unspecified atom stereocenters. The number of aliphatic hydroxyl groups is 2. The van der Waals surface area contributed by atoms with Gasteiger partial charge in [0.25, 0.3) is 0 Å². The average Bonchev–Trinajstić information content (AvgIpc) is 2.62. The monoisotopic (exact) mass is 368 g/mol. The van der Waals surface area contributed by atoms with Crippen LogP contribution in [0, 0.1) is 5.82 Å². The summed E-state index contributed by atoms with van der Waals surface area (Å²) in [6.07, 6.45) is 0.356. The molecule has 0 fully saturated rings. The first-order valence-corrected chi connectivity index (χ1v) is 8.63. The molecule has 0 aliphatic rings. The molecular formula is C19H22ClFO4. The van der Waals surface area contributed by atoms with Crippen molar-refractivity contribution >= 4 is 11.6 Å². The highest BCUT2D eigenvalue weighted by Gasteiger charge is 2.09. The van der Waals surface area contributed by atoms with Gasteiger partial charge in [0, 0.05) is 13.0 Å². The van der Waals surface area contributed by atoms with E-state index in [2.05, 4.69) is 0 Å². The van der Waals surface area contributed by atoms with E-state index in [1.54, 1.807) is 12.1 Å². The van der Waals surface area contributed by atoms with Crippen LogP contribution in [-0.4, -0.2) is 42.0 Å². The first-order valence-electron chi connectivity index (χ1n) is 8.10. The highest BCUT2D eigenvalue weighted by molar-refractivity contribution is 6.18. The predicted molar refractivity (Wildman–Crippen MR) is 95.1 cm³/mol.